The summed E-state index contributed by atoms with van der Waals surface area (Å²) in [7, 11) is 1.47. The summed E-state index contributed by atoms with van der Waals surface area (Å²) < 4.78 is 9.90. The number of rotatable bonds is 4. The molecule has 1 rings (SSSR count). The van der Waals surface area contributed by atoms with Gasteiger partial charge in [-0.25, -0.2) is 4.79 Å². The van der Waals surface area contributed by atoms with Crippen LogP contribution in [0.1, 0.15) is 10.4 Å². The molecule has 0 aliphatic carbocycles. The molecule has 0 amide bonds. The molecule has 0 aliphatic heterocycles. The smallest absolute Gasteiger partial charge is 0.342 e. The van der Waals surface area contributed by atoms with E-state index in [0.717, 1.165) is 0 Å². The van der Waals surface area contributed by atoms with Crippen molar-refractivity contribution in [1.29, 1.82) is 0 Å². The first-order valence-electron chi connectivity index (χ1n) is 4.30. The first-order chi connectivity index (χ1) is 7.19. The summed E-state index contributed by atoms with van der Waals surface area (Å²) in [5.41, 5.74) is 0.351. The van der Waals surface area contributed by atoms with Gasteiger partial charge in [0.1, 0.15) is 17.9 Å². The molecule has 0 unspecified atom stereocenters. The number of halogens is 1. The van der Waals surface area contributed by atoms with Crippen molar-refractivity contribution in [3.05, 3.63) is 41.4 Å². The molecule has 0 bridgehead atoms. The van der Waals surface area contributed by atoms with Crippen molar-refractivity contribution in [1.82, 2.24) is 0 Å². The summed E-state index contributed by atoms with van der Waals surface area (Å²) >= 11 is 5.76. The summed E-state index contributed by atoms with van der Waals surface area (Å²) in [4.78, 5) is 11.5. The minimum atomic E-state index is -0.455. The highest BCUT2D eigenvalue weighted by molar-refractivity contribution is 6.30. The summed E-state index contributed by atoms with van der Waals surface area (Å²) in [6, 6.07) is 4.73. The lowest BCUT2D eigenvalue weighted by Gasteiger charge is -2.07. The quantitative estimate of drug-likeness (QED) is 0.585. The van der Waals surface area contributed by atoms with E-state index in [0.29, 0.717) is 16.3 Å². The van der Waals surface area contributed by atoms with Crippen LogP contribution in [0.15, 0.2) is 30.9 Å². The summed E-state index contributed by atoms with van der Waals surface area (Å²) in [5.74, 6) is -0.0556. The fourth-order valence-corrected chi connectivity index (χ4v) is 1.21. The maximum atomic E-state index is 11.5. The molecular weight excluding hydrogens is 216 g/mol. The van der Waals surface area contributed by atoms with Crippen LogP contribution in [-0.4, -0.2) is 19.7 Å². The van der Waals surface area contributed by atoms with Gasteiger partial charge in [0.25, 0.3) is 0 Å². The largest absolute Gasteiger partial charge is 0.496 e. The molecular formula is C11H11ClO3. The summed E-state index contributed by atoms with van der Waals surface area (Å²) in [6.45, 7) is 3.62. The zero-order valence-electron chi connectivity index (χ0n) is 8.33. The minimum Gasteiger partial charge on any atom is -0.496 e. The van der Waals surface area contributed by atoms with Crippen LogP contribution in [-0.2, 0) is 4.74 Å². The van der Waals surface area contributed by atoms with Gasteiger partial charge in [-0.1, -0.05) is 24.3 Å². The van der Waals surface area contributed by atoms with Crippen LogP contribution in [0.4, 0.5) is 0 Å². The highest BCUT2D eigenvalue weighted by Gasteiger charge is 2.13. The van der Waals surface area contributed by atoms with Crippen LogP contribution in [0.5, 0.6) is 5.75 Å². The zero-order valence-corrected chi connectivity index (χ0v) is 9.08. The summed E-state index contributed by atoms with van der Waals surface area (Å²) in [6.07, 6.45) is 1.50. The Morgan fingerprint density at radius 3 is 2.93 bits per heavy atom. The van der Waals surface area contributed by atoms with Gasteiger partial charge in [-0.05, 0) is 18.2 Å². The molecule has 1 aromatic carbocycles. The molecule has 0 atom stereocenters. The van der Waals surface area contributed by atoms with E-state index in [1.54, 1.807) is 18.2 Å². The summed E-state index contributed by atoms with van der Waals surface area (Å²) in [5, 5.41) is 0.507. The molecule has 0 aliphatic rings. The van der Waals surface area contributed by atoms with Crippen molar-refractivity contribution < 1.29 is 14.3 Å². The first kappa shape index (κ1) is 11.6. The highest BCUT2D eigenvalue weighted by atomic mass is 35.5. The number of benzene rings is 1. The third-order valence-electron chi connectivity index (χ3n) is 1.72. The Bertz CT molecular complexity index is 374. The molecule has 15 heavy (non-hydrogen) atoms. The molecule has 0 fully saturated rings. The van der Waals surface area contributed by atoms with Crippen LogP contribution in [0.25, 0.3) is 0 Å². The van der Waals surface area contributed by atoms with E-state index in [1.165, 1.54) is 13.2 Å². The number of methoxy groups -OCH3 is 1. The number of carbonyl (C=O) groups is 1. The monoisotopic (exact) mass is 226 g/mol. The van der Waals surface area contributed by atoms with Gasteiger partial charge in [-0.15, -0.1) is 0 Å². The Morgan fingerprint density at radius 1 is 1.60 bits per heavy atom. The van der Waals surface area contributed by atoms with Crippen molar-refractivity contribution in [3.8, 4) is 5.75 Å². The molecule has 80 valence electrons. The first-order valence-corrected chi connectivity index (χ1v) is 4.68. The molecule has 0 aromatic heterocycles. The van der Waals surface area contributed by atoms with Crippen LogP contribution in [0.3, 0.4) is 0 Å². The van der Waals surface area contributed by atoms with Crippen LogP contribution in [0, 0.1) is 0 Å². The van der Waals surface area contributed by atoms with Crippen molar-refractivity contribution in [2.75, 3.05) is 13.7 Å². The van der Waals surface area contributed by atoms with E-state index in [4.69, 9.17) is 21.1 Å². The average molecular weight is 227 g/mol. The molecule has 0 saturated carbocycles. The zero-order chi connectivity index (χ0) is 11.3. The number of carbonyl (C=O) groups excluding carboxylic acids is 1. The van der Waals surface area contributed by atoms with Gasteiger partial charge in [0.15, 0.2) is 0 Å². The Balaban J connectivity index is 2.92. The number of esters is 1. The van der Waals surface area contributed by atoms with Crippen molar-refractivity contribution >= 4 is 17.6 Å². The fourth-order valence-electron chi connectivity index (χ4n) is 1.05. The fraction of sp³-hybridized carbons (Fsp3) is 0.182. The molecule has 0 radical (unpaired) electrons. The predicted octanol–water partition coefficient (Wildman–Crippen LogP) is 2.69. The Morgan fingerprint density at radius 2 is 2.33 bits per heavy atom. The molecule has 0 saturated heterocycles. The lowest BCUT2D eigenvalue weighted by Crippen LogP contribution is -2.06. The van der Waals surface area contributed by atoms with E-state index in [1.807, 2.05) is 0 Å². The van der Waals surface area contributed by atoms with E-state index in [-0.39, 0.29) is 6.61 Å². The Hall–Kier alpha value is -1.48. The van der Waals surface area contributed by atoms with Gasteiger partial charge in [0, 0.05) is 5.02 Å². The molecule has 3 nitrogen and oxygen atoms in total. The van der Waals surface area contributed by atoms with E-state index >= 15 is 0 Å². The van der Waals surface area contributed by atoms with Gasteiger partial charge in [-0.3, -0.25) is 0 Å². The van der Waals surface area contributed by atoms with E-state index in [9.17, 15) is 4.79 Å². The van der Waals surface area contributed by atoms with Gasteiger partial charge < -0.3 is 9.47 Å². The lowest BCUT2D eigenvalue weighted by atomic mass is 10.2. The topological polar surface area (TPSA) is 35.5 Å². The van der Waals surface area contributed by atoms with Gasteiger partial charge in [0.05, 0.1) is 7.11 Å². The lowest BCUT2D eigenvalue weighted by molar-refractivity contribution is 0.0546. The number of ether oxygens (including phenoxy) is 2. The van der Waals surface area contributed by atoms with Gasteiger partial charge in [0.2, 0.25) is 0 Å². The van der Waals surface area contributed by atoms with Crippen molar-refractivity contribution in [2.24, 2.45) is 0 Å². The second-order valence-electron chi connectivity index (χ2n) is 2.73. The van der Waals surface area contributed by atoms with Gasteiger partial charge >= 0.3 is 5.97 Å². The van der Waals surface area contributed by atoms with Crippen molar-refractivity contribution in [3.63, 3.8) is 0 Å². The average Bonchev–Trinajstić information content (AvgIpc) is 2.25. The van der Waals surface area contributed by atoms with E-state index < -0.39 is 5.97 Å². The molecule has 0 spiro atoms. The third-order valence-corrected chi connectivity index (χ3v) is 1.95. The molecule has 4 heteroatoms. The highest BCUT2D eigenvalue weighted by Crippen LogP contribution is 2.23. The standard InChI is InChI=1S/C11H11ClO3/c1-3-6-15-11(13)9-5-4-8(12)7-10(9)14-2/h3-5,7H,1,6H2,2H3. The Kier molecular flexibility index (Phi) is 4.18. The van der Waals surface area contributed by atoms with Gasteiger partial charge in [-0.2, -0.15) is 0 Å². The number of hydrogen-bond donors (Lipinski definition) is 0. The van der Waals surface area contributed by atoms with Crippen LogP contribution in [0.2, 0.25) is 5.02 Å². The minimum absolute atomic E-state index is 0.171. The molecule has 1 aromatic rings. The third kappa shape index (κ3) is 2.99. The Labute approximate surface area is 93.3 Å². The number of hydrogen-bond acceptors (Lipinski definition) is 3. The van der Waals surface area contributed by atoms with Crippen LogP contribution < -0.4 is 4.74 Å². The SMILES string of the molecule is C=CCOC(=O)c1ccc(Cl)cc1OC. The molecule has 0 heterocycles. The second kappa shape index (κ2) is 5.41. The van der Waals surface area contributed by atoms with E-state index in [2.05, 4.69) is 6.58 Å². The maximum Gasteiger partial charge on any atom is 0.342 e. The maximum absolute atomic E-state index is 11.5. The van der Waals surface area contributed by atoms with Crippen molar-refractivity contribution in [2.45, 2.75) is 0 Å². The molecule has 0 N–H and O–H groups in total. The predicted molar refractivity (Wildman–Crippen MR) is 58.5 cm³/mol. The van der Waals surface area contributed by atoms with Crippen LogP contribution >= 0.6 is 11.6 Å². The second-order valence-corrected chi connectivity index (χ2v) is 3.17. The normalized spacial score (nSPS) is 9.47.